The lowest BCUT2D eigenvalue weighted by molar-refractivity contribution is 1.41. The summed E-state index contributed by atoms with van der Waals surface area (Å²) < 4.78 is 0. The van der Waals surface area contributed by atoms with E-state index in [0.29, 0.717) is 0 Å². The van der Waals surface area contributed by atoms with Crippen LogP contribution in [0.25, 0.3) is 55.1 Å². The molecule has 6 aromatic rings. The maximum Gasteiger partial charge on any atom is 0.0973 e. The lowest BCUT2D eigenvalue weighted by atomic mass is 9.91. The minimum absolute atomic E-state index is 0.922. The van der Waals surface area contributed by atoms with Gasteiger partial charge in [-0.1, -0.05) is 78.9 Å². The molecule has 0 aliphatic rings. The van der Waals surface area contributed by atoms with Crippen LogP contribution in [0.1, 0.15) is 0 Å². The summed E-state index contributed by atoms with van der Waals surface area (Å²) >= 11 is 0. The largest absolute Gasteiger partial charge is 0.244 e. The fraction of sp³-hybridized carbons (Fsp3) is 0. The highest BCUT2D eigenvalue weighted by molar-refractivity contribution is 6.09. The van der Waals surface area contributed by atoms with Gasteiger partial charge in [0.15, 0.2) is 0 Å². The van der Waals surface area contributed by atoms with Crippen LogP contribution in [0, 0.1) is 0 Å². The van der Waals surface area contributed by atoms with Crippen molar-refractivity contribution in [3.05, 3.63) is 109 Å². The molecule has 0 fully saturated rings. The van der Waals surface area contributed by atoms with Gasteiger partial charge >= 0.3 is 0 Å². The van der Waals surface area contributed by atoms with Crippen molar-refractivity contribution in [3.8, 4) is 22.3 Å². The van der Waals surface area contributed by atoms with Gasteiger partial charge in [0.1, 0.15) is 0 Å². The van der Waals surface area contributed by atoms with E-state index in [0.717, 1.165) is 27.5 Å². The third-order valence-corrected chi connectivity index (χ3v) is 5.63. The van der Waals surface area contributed by atoms with E-state index in [9.17, 15) is 0 Å². The zero-order valence-corrected chi connectivity index (χ0v) is 16.3. The number of rotatable bonds is 2. The Hall–Kier alpha value is -4.04. The molecule has 2 nitrogen and oxygen atoms in total. The van der Waals surface area contributed by atoms with E-state index >= 15 is 0 Å². The summed E-state index contributed by atoms with van der Waals surface area (Å²) in [5.41, 5.74) is 8.56. The molecule has 1 heterocycles. The van der Waals surface area contributed by atoms with Crippen molar-refractivity contribution in [2.45, 2.75) is 0 Å². The van der Waals surface area contributed by atoms with E-state index in [1.807, 2.05) is 24.3 Å². The van der Waals surface area contributed by atoms with Gasteiger partial charge in [0, 0.05) is 5.39 Å². The molecule has 0 atom stereocenters. The van der Waals surface area contributed by atoms with Crippen LogP contribution in [-0.2, 0) is 0 Å². The molecule has 0 unspecified atom stereocenters. The van der Waals surface area contributed by atoms with Gasteiger partial charge in [-0.2, -0.15) is 0 Å². The number of nitrogens with zero attached hydrogens (tertiary/aromatic N) is 2. The van der Waals surface area contributed by atoms with Crippen LogP contribution in [0.15, 0.2) is 109 Å². The van der Waals surface area contributed by atoms with Gasteiger partial charge in [-0.25, -0.2) is 9.97 Å². The summed E-state index contributed by atoms with van der Waals surface area (Å²) in [6, 6.07) is 38.0. The maximum absolute atomic E-state index is 4.98. The zero-order chi connectivity index (χ0) is 19.9. The summed E-state index contributed by atoms with van der Waals surface area (Å²) in [6.45, 7) is 0. The van der Waals surface area contributed by atoms with Crippen molar-refractivity contribution in [1.29, 1.82) is 0 Å². The molecule has 30 heavy (non-hydrogen) atoms. The van der Waals surface area contributed by atoms with Crippen molar-refractivity contribution >= 4 is 32.8 Å². The van der Waals surface area contributed by atoms with Gasteiger partial charge in [-0.05, 0) is 58.0 Å². The molecule has 0 aliphatic carbocycles. The first kappa shape index (κ1) is 16.9. The SMILES string of the molecule is c1ccc(-c2cc3ccc4nc5ccccc5nc4c3cc2-c2ccccc2)cc1. The molecular weight excluding hydrogens is 364 g/mol. The standard InChI is InChI=1S/C28H18N2/c1-3-9-19(10-4-1)22-17-21-15-16-27-28(30-26-14-8-7-13-25(26)29-27)24(21)18-23(22)20-11-5-2-6-12-20/h1-18H. The average Bonchev–Trinajstić information content (AvgIpc) is 2.83. The van der Waals surface area contributed by atoms with Gasteiger partial charge in [0.25, 0.3) is 0 Å². The van der Waals surface area contributed by atoms with E-state index in [-0.39, 0.29) is 0 Å². The molecule has 0 spiro atoms. The van der Waals surface area contributed by atoms with Crippen LogP contribution in [-0.4, -0.2) is 9.97 Å². The second-order valence-electron chi connectivity index (χ2n) is 7.50. The Labute approximate surface area is 174 Å². The summed E-state index contributed by atoms with van der Waals surface area (Å²) in [5, 5.41) is 2.30. The maximum atomic E-state index is 4.98. The Bertz CT molecular complexity index is 1520. The Morgan fingerprint density at radius 3 is 1.67 bits per heavy atom. The monoisotopic (exact) mass is 382 g/mol. The van der Waals surface area contributed by atoms with Crippen LogP contribution >= 0.6 is 0 Å². The molecule has 2 heteroatoms. The second-order valence-corrected chi connectivity index (χ2v) is 7.50. The van der Waals surface area contributed by atoms with E-state index in [1.165, 1.54) is 27.6 Å². The summed E-state index contributed by atoms with van der Waals surface area (Å²) in [6.07, 6.45) is 0. The molecule has 0 saturated heterocycles. The smallest absolute Gasteiger partial charge is 0.0973 e. The fourth-order valence-electron chi connectivity index (χ4n) is 4.17. The van der Waals surface area contributed by atoms with Crippen LogP contribution in [0.5, 0.6) is 0 Å². The van der Waals surface area contributed by atoms with Crippen molar-refractivity contribution in [2.75, 3.05) is 0 Å². The summed E-state index contributed by atoms with van der Waals surface area (Å²) in [5.74, 6) is 0. The van der Waals surface area contributed by atoms with Crippen LogP contribution in [0.3, 0.4) is 0 Å². The number of aromatic nitrogens is 2. The highest BCUT2D eigenvalue weighted by Gasteiger charge is 2.13. The molecule has 0 aliphatic heterocycles. The second kappa shape index (κ2) is 6.78. The Kier molecular flexibility index (Phi) is 3.82. The molecule has 6 rings (SSSR count). The Morgan fingerprint density at radius 2 is 1.00 bits per heavy atom. The van der Waals surface area contributed by atoms with Crippen LogP contribution < -0.4 is 0 Å². The average molecular weight is 382 g/mol. The van der Waals surface area contributed by atoms with E-state index in [2.05, 4.69) is 84.9 Å². The molecule has 0 bridgehead atoms. The van der Waals surface area contributed by atoms with Crippen molar-refractivity contribution in [1.82, 2.24) is 9.97 Å². The van der Waals surface area contributed by atoms with Gasteiger partial charge in [-0.15, -0.1) is 0 Å². The summed E-state index contributed by atoms with van der Waals surface area (Å²) in [4.78, 5) is 9.83. The Balaban J connectivity index is 1.73. The summed E-state index contributed by atoms with van der Waals surface area (Å²) in [7, 11) is 0. The zero-order valence-electron chi connectivity index (χ0n) is 16.3. The number of hydrogen-bond acceptors (Lipinski definition) is 2. The number of hydrogen-bond donors (Lipinski definition) is 0. The number of para-hydroxylation sites is 2. The first-order valence-electron chi connectivity index (χ1n) is 10.1. The van der Waals surface area contributed by atoms with Crippen molar-refractivity contribution < 1.29 is 0 Å². The van der Waals surface area contributed by atoms with Crippen molar-refractivity contribution in [3.63, 3.8) is 0 Å². The van der Waals surface area contributed by atoms with Gasteiger partial charge in [0.05, 0.1) is 22.1 Å². The Morgan fingerprint density at radius 1 is 0.433 bits per heavy atom. The lowest BCUT2D eigenvalue weighted by Crippen LogP contribution is -1.91. The predicted octanol–water partition coefficient (Wildman–Crippen LogP) is 7.27. The third-order valence-electron chi connectivity index (χ3n) is 5.63. The lowest BCUT2D eigenvalue weighted by Gasteiger charge is -2.14. The number of fused-ring (bicyclic) bond motifs is 4. The normalized spacial score (nSPS) is 11.3. The quantitative estimate of drug-likeness (QED) is 0.232. The number of benzene rings is 5. The molecule has 5 aromatic carbocycles. The first-order chi connectivity index (χ1) is 14.9. The molecule has 0 amide bonds. The molecule has 0 radical (unpaired) electrons. The van der Waals surface area contributed by atoms with E-state index in [4.69, 9.17) is 9.97 Å². The van der Waals surface area contributed by atoms with Gasteiger partial charge in [-0.3, -0.25) is 0 Å². The highest BCUT2D eigenvalue weighted by Crippen LogP contribution is 2.37. The topological polar surface area (TPSA) is 25.8 Å². The third kappa shape index (κ3) is 2.73. The molecular formula is C28H18N2. The minimum atomic E-state index is 0.922. The molecule has 140 valence electrons. The van der Waals surface area contributed by atoms with E-state index < -0.39 is 0 Å². The predicted molar refractivity (Wildman–Crippen MR) is 125 cm³/mol. The van der Waals surface area contributed by atoms with Crippen LogP contribution in [0.4, 0.5) is 0 Å². The van der Waals surface area contributed by atoms with E-state index in [1.54, 1.807) is 0 Å². The van der Waals surface area contributed by atoms with Gasteiger partial charge in [0.2, 0.25) is 0 Å². The van der Waals surface area contributed by atoms with Crippen LogP contribution in [0.2, 0.25) is 0 Å². The molecule has 0 saturated carbocycles. The minimum Gasteiger partial charge on any atom is -0.244 e. The van der Waals surface area contributed by atoms with Crippen molar-refractivity contribution in [2.24, 2.45) is 0 Å². The fourth-order valence-corrected chi connectivity index (χ4v) is 4.17. The molecule has 0 N–H and O–H groups in total. The first-order valence-corrected chi connectivity index (χ1v) is 10.1. The molecule has 1 aromatic heterocycles. The van der Waals surface area contributed by atoms with Gasteiger partial charge < -0.3 is 0 Å². The highest BCUT2D eigenvalue weighted by atomic mass is 14.8.